The Bertz CT molecular complexity index is 710. The number of benzene rings is 1. The molecule has 0 aliphatic rings. The quantitative estimate of drug-likeness (QED) is 0.470. The first-order chi connectivity index (χ1) is 13.0. The molecule has 0 aromatic heterocycles. The fourth-order valence-electron chi connectivity index (χ4n) is 2.57. The fraction of sp³-hybridized carbons (Fsp3) is 0.526. The zero-order valence-electron chi connectivity index (χ0n) is 16.4. The van der Waals surface area contributed by atoms with Crippen LogP contribution >= 0.6 is 23.2 Å². The maximum absolute atomic E-state index is 12.6. The minimum atomic E-state index is -1.11. The second kappa shape index (κ2) is 11.1. The number of carbonyl (C=O) groups is 3. The van der Waals surface area contributed by atoms with E-state index in [1.165, 1.54) is 6.07 Å². The molecule has 0 saturated heterocycles. The average molecular weight is 432 g/mol. The number of carboxylic acid groups (broad SMARTS) is 1. The highest BCUT2D eigenvalue weighted by molar-refractivity contribution is 6.42. The molecule has 9 heteroatoms. The van der Waals surface area contributed by atoms with E-state index in [0.717, 1.165) is 0 Å². The van der Waals surface area contributed by atoms with Crippen molar-refractivity contribution in [2.24, 2.45) is 11.8 Å². The summed E-state index contributed by atoms with van der Waals surface area (Å²) in [7, 11) is 0. The van der Waals surface area contributed by atoms with Crippen LogP contribution in [0.25, 0.3) is 0 Å². The van der Waals surface area contributed by atoms with Gasteiger partial charge < -0.3 is 21.1 Å². The molecule has 0 heterocycles. The molecule has 0 unspecified atom stereocenters. The molecule has 0 spiro atoms. The van der Waals surface area contributed by atoms with E-state index in [1.54, 1.807) is 12.1 Å². The van der Waals surface area contributed by atoms with E-state index in [4.69, 9.17) is 23.2 Å². The molecule has 0 bridgehead atoms. The van der Waals surface area contributed by atoms with E-state index in [1.807, 2.05) is 27.7 Å². The molecular weight excluding hydrogens is 405 g/mol. The number of urea groups is 1. The molecule has 1 aromatic carbocycles. The van der Waals surface area contributed by atoms with Gasteiger partial charge in [-0.1, -0.05) is 50.9 Å². The average Bonchev–Trinajstić information content (AvgIpc) is 2.56. The third kappa shape index (κ3) is 8.35. The third-order valence-corrected chi connectivity index (χ3v) is 4.57. The van der Waals surface area contributed by atoms with Gasteiger partial charge in [0, 0.05) is 5.69 Å². The van der Waals surface area contributed by atoms with Crippen LogP contribution in [-0.4, -0.2) is 35.1 Å². The first-order valence-electron chi connectivity index (χ1n) is 9.05. The van der Waals surface area contributed by atoms with E-state index in [-0.39, 0.29) is 16.9 Å². The smallest absolute Gasteiger partial charge is 0.326 e. The lowest BCUT2D eigenvalue weighted by molar-refractivity contribution is -0.142. The van der Waals surface area contributed by atoms with Crippen LogP contribution in [0.1, 0.15) is 40.5 Å². The zero-order chi connectivity index (χ0) is 21.4. The Hall–Kier alpha value is -1.99. The largest absolute Gasteiger partial charge is 0.480 e. The molecule has 28 heavy (non-hydrogen) atoms. The number of halogens is 2. The van der Waals surface area contributed by atoms with Crippen molar-refractivity contribution >= 4 is 46.8 Å². The predicted molar refractivity (Wildman–Crippen MR) is 111 cm³/mol. The van der Waals surface area contributed by atoms with Gasteiger partial charge in [0.2, 0.25) is 5.91 Å². The van der Waals surface area contributed by atoms with Gasteiger partial charge in [-0.15, -0.1) is 0 Å². The number of hydrogen-bond acceptors (Lipinski definition) is 3. The van der Waals surface area contributed by atoms with Gasteiger partial charge in [-0.3, -0.25) is 4.79 Å². The number of carbonyl (C=O) groups excluding carboxylic acids is 2. The molecule has 0 aliphatic heterocycles. The van der Waals surface area contributed by atoms with Crippen LogP contribution < -0.4 is 16.0 Å². The fourth-order valence-corrected chi connectivity index (χ4v) is 2.87. The number of aliphatic carboxylic acids is 1. The van der Waals surface area contributed by atoms with Gasteiger partial charge in [0.05, 0.1) is 10.0 Å². The second-order valence-electron chi connectivity index (χ2n) is 7.44. The summed E-state index contributed by atoms with van der Waals surface area (Å²) in [5, 5.41) is 17.7. The lowest BCUT2D eigenvalue weighted by Crippen LogP contribution is -2.53. The first-order valence-corrected chi connectivity index (χ1v) is 9.81. The highest BCUT2D eigenvalue weighted by Crippen LogP contribution is 2.25. The van der Waals surface area contributed by atoms with Crippen LogP contribution in [0.3, 0.4) is 0 Å². The summed E-state index contributed by atoms with van der Waals surface area (Å²) in [6.45, 7) is 7.55. The van der Waals surface area contributed by atoms with E-state index in [2.05, 4.69) is 16.0 Å². The van der Waals surface area contributed by atoms with Crippen LogP contribution in [0, 0.1) is 11.8 Å². The maximum Gasteiger partial charge on any atom is 0.326 e. The standard InChI is InChI=1S/C19H27Cl2N3O4/c1-10(2)7-15(17(25)23-16(18(26)27)8-11(3)4)24-19(28)22-12-5-6-13(20)14(21)9-12/h5-6,9-11,15-16H,7-8H2,1-4H3,(H,23,25)(H,26,27)(H2,22,24,28)/t15-,16+/m0/s1. The zero-order valence-corrected chi connectivity index (χ0v) is 17.9. The molecule has 0 radical (unpaired) electrons. The normalized spacial score (nSPS) is 13.1. The monoisotopic (exact) mass is 431 g/mol. The summed E-state index contributed by atoms with van der Waals surface area (Å²) in [6, 6.07) is 2.12. The molecule has 3 amide bonds. The highest BCUT2D eigenvalue weighted by Gasteiger charge is 2.27. The van der Waals surface area contributed by atoms with Crippen LogP contribution in [0.5, 0.6) is 0 Å². The highest BCUT2D eigenvalue weighted by atomic mass is 35.5. The third-order valence-electron chi connectivity index (χ3n) is 3.83. The Balaban J connectivity index is 2.82. The molecule has 4 N–H and O–H groups in total. The summed E-state index contributed by atoms with van der Waals surface area (Å²) in [4.78, 5) is 36.3. The molecule has 0 fully saturated rings. The Kier molecular flexibility index (Phi) is 9.55. The first kappa shape index (κ1) is 24.0. The van der Waals surface area contributed by atoms with E-state index >= 15 is 0 Å². The van der Waals surface area contributed by atoms with Gasteiger partial charge in [-0.05, 0) is 42.9 Å². The van der Waals surface area contributed by atoms with Crippen molar-refractivity contribution < 1.29 is 19.5 Å². The Morgan fingerprint density at radius 1 is 0.929 bits per heavy atom. The molecule has 1 rings (SSSR count). The van der Waals surface area contributed by atoms with Gasteiger partial charge in [0.1, 0.15) is 12.1 Å². The molecule has 0 aliphatic carbocycles. The molecule has 7 nitrogen and oxygen atoms in total. The van der Waals surface area contributed by atoms with Crippen molar-refractivity contribution in [3.05, 3.63) is 28.2 Å². The molecular formula is C19H27Cl2N3O4. The molecule has 0 saturated carbocycles. The van der Waals surface area contributed by atoms with Crippen molar-refractivity contribution in [3.63, 3.8) is 0 Å². The molecule has 156 valence electrons. The number of anilines is 1. The van der Waals surface area contributed by atoms with Crippen LogP contribution in [0.15, 0.2) is 18.2 Å². The minimum absolute atomic E-state index is 0.0934. The number of amides is 3. The maximum atomic E-state index is 12.6. The van der Waals surface area contributed by atoms with Crippen molar-refractivity contribution in [3.8, 4) is 0 Å². The number of hydrogen-bond donors (Lipinski definition) is 4. The summed E-state index contributed by atoms with van der Waals surface area (Å²) in [5.41, 5.74) is 0.416. The van der Waals surface area contributed by atoms with Crippen LogP contribution in [-0.2, 0) is 9.59 Å². The Labute approximate surface area is 175 Å². The summed E-state index contributed by atoms with van der Waals surface area (Å²) in [5.74, 6) is -1.44. The Morgan fingerprint density at radius 2 is 1.50 bits per heavy atom. The number of rotatable bonds is 9. The van der Waals surface area contributed by atoms with E-state index in [9.17, 15) is 19.5 Å². The second-order valence-corrected chi connectivity index (χ2v) is 8.25. The number of nitrogens with one attached hydrogen (secondary N) is 3. The molecule has 2 atom stereocenters. The van der Waals surface area contributed by atoms with Gasteiger partial charge >= 0.3 is 12.0 Å². The number of carboxylic acids is 1. The van der Waals surface area contributed by atoms with Gasteiger partial charge in [0.15, 0.2) is 0 Å². The SMILES string of the molecule is CC(C)C[C@H](NC(=O)Nc1ccc(Cl)c(Cl)c1)C(=O)N[C@H](CC(C)C)C(=O)O. The van der Waals surface area contributed by atoms with Crippen molar-refractivity contribution in [1.29, 1.82) is 0 Å². The van der Waals surface area contributed by atoms with E-state index < -0.39 is 30.0 Å². The summed E-state index contributed by atoms with van der Waals surface area (Å²) >= 11 is 11.8. The lowest BCUT2D eigenvalue weighted by Gasteiger charge is -2.23. The van der Waals surface area contributed by atoms with Crippen molar-refractivity contribution in [2.45, 2.75) is 52.6 Å². The summed E-state index contributed by atoms with van der Waals surface area (Å²) < 4.78 is 0. The van der Waals surface area contributed by atoms with E-state index in [0.29, 0.717) is 23.6 Å². The Morgan fingerprint density at radius 3 is 2.00 bits per heavy atom. The lowest BCUT2D eigenvalue weighted by atomic mass is 10.0. The van der Waals surface area contributed by atoms with Gasteiger partial charge in [-0.25, -0.2) is 9.59 Å². The van der Waals surface area contributed by atoms with Crippen LogP contribution in [0.2, 0.25) is 10.0 Å². The predicted octanol–water partition coefficient (Wildman–Crippen LogP) is 4.15. The molecule has 1 aromatic rings. The van der Waals surface area contributed by atoms with Gasteiger partial charge in [-0.2, -0.15) is 0 Å². The van der Waals surface area contributed by atoms with Crippen LogP contribution in [0.4, 0.5) is 10.5 Å². The van der Waals surface area contributed by atoms with Crippen molar-refractivity contribution in [2.75, 3.05) is 5.32 Å². The van der Waals surface area contributed by atoms with Crippen molar-refractivity contribution in [1.82, 2.24) is 10.6 Å². The van der Waals surface area contributed by atoms with Gasteiger partial charge in [0.25, 0.3) is 0 Å². The topological polar surface area (TPSA) is 108 Å². The minimum Gasteiger partial charge on any atom is -0.480 e. The summed E-state index contributed by atoms with van der Waals surface area (Å²) in [6.07, 6.45) is 0.652.